The maximum atomic E-state index is 13.9. The standard InChI is InChI=1S/C49H62N10O7/c1-28(2)42(54-48(62)63)46(60)57-20-6-8-40(57)44-50-34-16-10-30(26-36(34)52-44)38-18-19-39(59(38)33-14-12-32(13-15-33)56-22-24-66-25-23-56)31-11-17-35-37(27-31)53-45(51-35)41-9-7-21-58(41)47(61)43(29(3)4)55-49(64)65-5/h10-17,26-29,38-43,54H,6-9,18-25H2,1-5H3,(H,50,52)(H,51,53)(H,55,64)(H,62,63)/t38-,39-,40+,41+,42+,43+/m1/s1. The lowest BCUT2D eigenvalue weighted by Crippen LogP contribution is -2.51. The van der Waals surface area contributed by atoms with Crippen LogP contribution in [0.25, 0.3) is 22.1 Å². The van der Waals surface area contributed by atoms with Gasteiger partial charge in [0.15, 0.2) is 0 Å². The van der Waals surface area contributed by atoms with Crippen molar-refractivity contribution in [3.63, 3.8) is 0 Å². The molecule has 0 unspecified atom stereocenters. The highest BCUT2D eigenvalue weighted by Gasteiger charge is 2.40. The van der Waals surface area contributed by atoms with Crippen LogP contribution in [-0.4, -0.2) is 117 Å². The van der Waals surface area contributed by atoms with E-state index in [9.17, 15) is 24.3 Å². The lowest BCUT2D eigenvalue weighted by molar-refractivity contribution is -0.136. The summed E-state index contributed by atoms with van der Waals surface area (Å²) < 4.78 is 10.5. The molecule has 17 heteroatoms. The first-order valence-electron chi connectivity index (χ1n) is 23.5. The monoisotopic (exact) mass is 902 g/mol. The second kappa shape index (κ2) is 18.9. The van der Waals surface area contributed by atoms with Gasteiger partial charge in [0.25, 0.3) is 0 Å². The normalized spacial score (nSPS) is 22.2. The first-order valence-corrected chi connectivity index (χ1v) is 23.5. The number of carbonyl (C=O) groups excluding carboxylic acids is 3. The van der Waals surface area contributed by atoms with E-state index in [-0.39, 0.29) is 47.8 Å². The zero-order valence-corrected chi connectivity index (χ0v) is 38.5. The molecule has 17 nitrogen and oxygen atoms in total. The minimum atomic E-state index is -1.21. The molecule has 9 rings (SSSR count). The number of likely N-dealkylation sites (tertiary alicyclic amines) is 2. The summed E-state index contributed by atoms with van der Waals surface area (Å²) in [5, 5.41) is 14.7. The fourth-order valence-electron chi connectivity index (χ4n) is 10.6. The second-order valence-corrected chi connectivity index (χ2v) is 18.8. The number of hydrogen-bond acceptors (Lipinski definition) is 10. The molecule has 0 spiro atoms. The highest BCUT2D eigenvalue weighted by molar-refractivity contribution is 5.87. The van der Waals surface area contributed by atoms with E-state index < -0.39 is 24.3 Å². The first-order chi connectivity index (χ1) is 31.9. The molecular weight excluding hydrogens is 841 g/mol. The lowest BCUT2D eigenvalue weighted by atomic mass is 10.0. The Morgan fingerprint density at radius 3 is 1.62 bits per heavy atom. The number of H-pyrrole nitrogens is 2. The molecule has 3 aromatic carbocycles. The number of benzene rings is 3. The van der Waals surface area contributed by atoms with Crippen LogP contribution in [0.5, 0.6) is 0 Å². The van der Waals surface area contributed by atoms with Gasteiger partial charge < -0.3 is 54.8 Å². The van der Waals surface area contributed by atoms with Crippen LogP contribution < -0.4 is 20.4 Å². The number of anilines is 2. The maximum absolute atomic E-state index is 13.9. The average Bonchev–Trinajstić information content (AvgIpc) is 4.18. The number of alkyl carbamates (subject to hydrolysis) is 1. The Morgan fingerprint density at radius 2 is 1.15 bits per heavy atom. The Labute approximate surface area is 384 Å². The summed E-state index contributed by atoms with van der Waals surface area (Å²) in [6.07, 6.45) is 3.10. The minimum Gasteiger partial charge on any atom is -0.465 e. The predicted octanol–water partition coefficient (Wildman–Crippen LogP) is 7.36. The van der Waals surface area contributed by atoms with Gasteiger partial charge in [-0.05, 0) is 110 Å². The van der Waals surface area contributed by atoms with Crippen molar-refractivity contribution in [1.29, 1.82) is 0 Å². The molecule has 0 radical (unpaired) electrons. The quantitative estimate of drug-likeness (QED) is 0.0838. The van der Waals surface area contributed by atoms with Crippen LogP contribution in [0.2, 0.25) is 0 Å². The van der Waals surface area contributed by atoms with Crippen molar-refractivity contribution >= 4 is 57.4 Å². The van der Waals surface area contributed by atoms with E-state index >= 15 is 0 Å². The third-order valence-electron chi connectivity index (χ3n) is 14.0. The van der Waals surface area contributed by atoms with Crippen molar-refractivity contribution in [3.05, 3.63) is 83.4 Å². The van der Waals surface area contributed by atoms with Gasteiger partial charge in [-0.1, -0.05) is 39.8 Å². The van der Waals surface area contributed by atoms with Crippen molar-refractivity contribution in [2.24, 2.45) is 11.8 Å². The highest BCUT2D eigenvalue weighted by atomic mass is 16.5. The minimum absolute atomic E-state index is 0.0308. The molecule has 0 saturated carbocycles. The summed E-state index contributed by atoms with van der Waals surface area (Å²) in [6.45, 7) is 11.8. The van der Waals surface area contributed by atoms with Gasteiger partial charge in [0.1, 0.15) is 23.7 Å². The van der Waals surface area contributed by atoms with Crippen LogP contribution in [0.4, 0.5) is 21.0 Å². The molecule has 66 heavy (non-hydrogen) atoms. The summed E-state index contributed by atoms with van der Waals surface area (Å²) in [5.41, 5.74) is 8.01. The average molecular weight is 903 g/mol. The van der Waals surface area contributed by atoms with Crippen molar-refractivity contribution in [2.75, 3.05) is 56.3 Å². The SMILES string of the molecule is COC(=O)N[C@H](C(=O)N1CCC[C@H]1c1nc2cc([C@H]3CC[C@H](c4ccc5[nH]c([C@@H]6CCCN6C(=O)[C@@H](NC(=O)O)C(C)C)nc5c4)N3c3ccc(N4CCOCC4)cc3)ccc2[nH]1)C(C)C. The van der Waals surface area contributed by atoms with Gasteiger partial charge in [-0.25, -0.2) is 19.6 Å². The molecule has 4 aliphatic rings. The van der Waals surface area contributed by atoms with E-state index in [1.54, 1.807) is 4.90 Å². The van der Waals surface area contributed by atoms with Gasteiger partial charge in [0, 0.05) is 37.6 Å². The van der Waals surface area contributed by atoms with Crippen LogP contribution >= 0.6 is 0 Å². The smallest absolute Gasteiger partial charge is 0.407 e. The van der Waals surface area contributed by atoms with Gasteiger partial charge >= 0.3 is 12.2 Å². The molecule has 4 fully saturated rings. The number of ether oxygens (including phenoxy) is 2. The number of imidazole rings is 2. The van der Waals surface area contributed by atoms with Crippen molar-refractivity contribution in [3.8, 4) is 0 Å². The number of amides is 4. The van der Waals surface area contributed by atoms with E-state index in [0.29, 0.717) is 32.1 Å². The molecule has 4 amide bonds. The second-order valence-electron chi connectivity index (χ2n) is 18.8. The summed E-state index contributed by atoms with van der Waals surface area (Å²) >= 11 is 0. The topological polar surface area (TPSA) is 201 Å². The van der Waals surface area contributed by atoms with E-state index in [1.165, 1.54) is 12.8 Å². The third kappa shape index (κ3) is 8.84. The Bertz CT molecular complexity index is 2570. The van der Waals surface area contributed by atoms with E-state index in [4.69, 9.17) is 19.4 Å². The molecule has 5 aromatic rings. The molecule has 5 N–H and O–H groups in total. The van der Waals surface area contributed by atoms with Gasteiger partial charge in [0.05, 0.1) is 66.6 Å². The van der Waals surface area contributed by atoms with E-state index in [2.05, 4.69) is 91.1 Å². The number of carboxylic acid groups (broad SMARTS) is 1. The Hall–Kier alpha value is -6.36. The third-order valence-corrected chi connectivity index (χ3v) is 14.0. The Balaban J connectivity index is 1.01. The zero-order valence-electron chi connectivity index (χ0n) is 38.5. The van der Waals surface area contributed by atoms with Crippen molar-refractivity contribution < 1.29 is 33.8 Å². The lowest BCUT2D eigenvalue weighted by Gasteiger charge is -2.34. The van der Waals surface area contributed by atoms with E-state index in [0.717, 1.165) is 96.3 Å². The van der Waals surface area contributed by atoms with E-state index in [1.807, 2.05) is 32.6 Å². The highest BCUT2D eigenvalue weighted by Crippen LogP contribution is 2.48. The van der Waals surface area contributed by atoms with Crippen LogP contribution in [0.1, 0.15) is 113 Å². The summed E-state index contributed by atoms with van der Waals surface area (Å²) in [6, 6.07) is 19.8. The maximum Gasteiger partial charge on any atom is 0.407 e. The first kappa shape index (κ1) is 44.8. The zero-order chi connectivity index (χ0) is 46.2. The summed E-state index contributed by atoms with van der Waals surface area (Å²) in [4.78, 5) is 77.2. The number of rotatable bonds is 12. The summed E-state index contributed by atoms with van der Waals surface area (Å²) in [5.74, 6) is 0.742. The largest absolute Gasteiger partial charge is 0.465 e. The number of aromatic amines is 2. The molecule has 2 aromatic heterocycles. The van der Waals surface area contributed by atoms with Crippen LogP contribution in [-0.2, 0) is 19.1 Å². The summed E-state index contributed by atoms with van der Waals surface area (Å²) in [7, 11) is 1.30. The van der Waals surface area contributed by atoms with Gasteiger partial charge in [-0.15, -0.1) is 0 Å². The molecule has 0 bridgehead atoms. The molecule has 6 atom stereocenters. The number of morpholine rings is 1. The number of nitrogens with one attached hydrogen (secondary N) is 4. The van der Waals surface area contributed by atoms with Crippen molar-refractivity contribution in [1.82, 2.24) is 40.4 Å². The van der Waals surface area contributed by atoms with Crippen LogP contribution in [0, 0.1) is 11.8 Å². The van der Waals surface area contributed by atoms with Crippen LogP contribution in [0.3, 0.4) is 0 Å². The Morgan fingerprint density at radius 1 is 0.667 bits per heavy atom. The Kier molecular flexibility index (Phi) is 12.8. The van der Waals surface area contributed by atoms with Crippen molar-refractivity contribution in [2.45, 2.75) is 102 Å². The fourth-order valence-corrected chi connectivity index (χ4v) is 10.6. The molecule has 4 saturated heterocycles. The number of nitrogens with zero attached hydrogens (tertiary/aromatic N) is 6. The van der Waals surface area contributed by atoms with Gasteiger partial charge in [0.2, 0.25) is 11.8 Å². The van der Waals surface area contributed by atoms with Gasteiger partial charge in [-0.3, -0.25) is 9.59 Å². The molecule has 4 aliphatic heterocycles. The number of carbonyl (C=O) groups is 4. The molecular formula is C49H62N10O7. The number of aromatic nitrogens is 4. The molecule has 350 valence electrons. The molecule has 0 aliphatic carbocycles. The predicted molar refractivity (Wildman–Crippen MR) is 250 cm³/mol. The van der Waals surface area contributed by atoms with Gasteiger partial charge in [-0.2, -0.15) is 0 Å². The van der Waals surface area contributed by atoms with Crippen LogP contribution in [0.15, 0.2) is 60.7 Å². The number of hydrogen-bond donors (Lipinski definition) is 5. The number of fused-ring (bicyclic) bond motifs is 2. The number of methoxy groups -OCH3 is 1. The fraction of sp³-hybridized carbons (Fsp3) is 0.510. The molecule has 6 heterocycles.